The van der Waals surface area contributed by atoms with Gasteiger partial charge in [0.15, 0.2) is 5.11 Å². The maximum atomic E-state index is 6.10. The van der Waals surface area contributed by atoms with Gasteiger partial charge in [-0.1, -0.05) is 51.8 Å². The summed E-state index contributed by atoms with van der Waals surface area (Å²) in [5.41, 5.74) is 8.92. The van der Waals surface area contributed by atoms with E-state index in [1.54, 1.807) is 5.01 Å². The second-order valence-electron chi connectivity index (χ2n) is 5.01. The van der Waals surface area contributed by atoms with Crippen LogP contribution in [0.25, 0.3) is 0 Å². The summed E-state index contributed by atoms with van der Waals surface area (Å²) in [6.07, 6.45) is 0.735. The zero-order valence-corrected chi connectivity index (χ0v) is 14.7. The van der Waals surface area contributed by atoms with Gasteiger partial charge in [-0.2, -0.15) is 5.10 Å². The highest BCUT2D eigenvalue weighted by molar-refractivity contribution is 9.10. The van der Waals surface area contributed by atoms with E-state index in [9.17, 15) is 0 Å². The fraction of sp³-hybridized carbons (Fsp3) is 0.125. The van der Waals surface area contributed by atoms with E-state index in [0.29, 0.717) is 5.02 Å². The minimum absolute atomic E-state index is 0.0187. The van der Waals surface area contributed by atoms with Crippen molar-refractivity contribution in [3.05, 3.63) is 69.2 Å². The second kappa shape index (κ2) is 6.36. The smallest absolute Gasteiger partial charge is 0.187 e. The molecule has 0 aliphatic carbocycles. The molecule has 3 nitrogen and oxygen atoms in total. The molecule has 0 radical (unpaired) electrons. The molecule has 0 spiro atoms. The molecule has 1 aliphatic heterocycles. The number of hydrazone groups is 1. The van der Waals surface area contributed by atoms with Crippen molar-refractivity contribution in [2.75, 3.05) is 0 Å². The first-order chi connectivity index (χ1) is 10.5. The van der Waals surface area contributed by atoms with E-state index in [0.717, 1.165) is 27.7 Å². The third-order valence-electron chi connectivity index (χ3n) is 3.55. The van der Waals surface area contributed by atoms with Crippen LogP contribution >= 0.6 is 39.7 Å². The summed E-state index contributed by atoms with van der Waals surface area (Å²) in [5, 5.41) is 7.25. The van der Waals surface area contributed by atoms with Crippen LogP contribution < -0.4 is 5.73 Å². The number of halogens is 2. The highest BCUT2D eigenvalue weighted by Gasteiger charge is 2.30. The van der Waals surface area contributed by atoms with Crippen LogP contribution in [0.4, 0.5) is 0 Å². The van der Waals surface area contributed by atoms with Crippen LogP contribution in [-0.4, -0.2) is 15.8 Å². The lowest BCUT2D eigenvalue weighted by Crippen LogP contribution is -2.31. The largest absolute Gasteiger partial charge is 0.375 e. The Hall–Kier alpha value is -1.43. The average molecular weight is 395 g/mol. The molecule has 0 saturated heterocycles. The number of nitrogens with two attached hydrogens (primary N) is 1. The average Bonchev–Trinajstić information content (AvgIpc) is 2.93. The lowest BCUT2D eigenvalue weighted by molar-refractivity contribution is 0.373. The maximum absolute atomic E-state index is 6.10. The van der Waals surface area contributed by atoms with Crippen molar-refractivity contribution in [1.82, 2.24) is 5.01 Å². The van der Waals surface area contributed by atoms with Crippen molar-refractivity contribution >= 4 is 50.6 Å². The third kappa shape index (κ3) is 3.16. The summed E-state index contributed by atoms with van der Waals surface area (Å²) in [6.45, 7) is 0. The Morgan fingerprint density at radius 1 is 1.27 bits per heavy atom. The Balaban J connectivity index is 1.94. The molecule has 1 heterocycles. The van der Waals surface area contributed by atoms with Crippen LogP contribution in [0, 0.1) is 0 Å². The molecule has 1 atom stereocenters. The Labute approximate surface area is 147 Å². The molecule has 2 N–H and O–H groups in total. The van der Waals surface area contributed by atoms with E-state index in [1.807, 2.05) is 48.5 Å². The molecule has 2 aromatic rings. The minimum atomic E-state index is -0.0187. The molecule has 3 rings (SSSR count). The highest BCUT2D eigenvalue weighted by Crippen LogP contribution is 2.33. The van der Waals surface area contributed by atoms with Gasteiger partial charge in [0.25, 0.3) is 0 Å². The van der Waals surface area contributed by atoms with Crippen LogP contribution in [-0.2, 0) is 0 Å². The van der Waals surface area contributed by atoms with Gasteiger partial charge >= 0.3 is 0 Å². The van der Waals surface area contributed by atoms with Gasteiger partial charge in [0, 0.05) is 15.9 Å². The van der Waals surface area contributed by atoms with Gasteiger partial charge in [-0.05, 0) is 47.6 Å². The van der Waals surface area contributed by atoms with Crippen molar-refractivity contribution < 1.29 is 0 Å². The summed E-state index contributed by atoms with van der Waals surface area (Å²) < 4.78 is 1.03. The third-order valence-corrected chi connectivity index (χ3v) is 4.50. The van der Waals surface area contributed by atoms with E-state index >= 15 is 0 Å². The number of benzene rings is 2. The molecular weight excluding hydrogens is 382 g/mol. The number of nitrogens with zero attached hydrogens (tertiary/aromatic N) is 2. The lowest BCUT2D eigenvalue weighted by atomic mass is 9.99. The summed E-state index contributed by atoms with van der Waals surface area (Å²) in [4.78, 5) is 0. The second-order valence-corrected chi connectivity index (χ2v) is 6.78. The van der Waals surface area contributed by atoms with Crippen molar-refractivity contribution in [1.29, 1.82) is 0 Å². The van der Waals surface area contributed by atoms with Gasteiger partial charge in [-0.25, -0.2) is 5.01 Å². The van der Waals surface area contributed by atoms with Crippen LogP contribution in [0.1, 0.15) is 23.6 Å². The Morgan fingerprint density at radius 2 is 2.00 bits per heavy atom. The zero-order valence-electron chi connectivity index (χ0n) is 11.5. The van der Waals surface area contributed by atoms with E-state index in [4.69, 9.17) is 29.6 Å². The molecule has 112 valence electrons. The number of hydrogen-bond donors (Lipinski definition) is 1. The van der Waals surface area contributed by atoms with Gasteiger partial charge in [0.05, 0.1) is 11.8 Å². The van der Waals surface area contributed by atoms with E-state index in [-0.39, 0.29) is 11.2 Å². The number of rotatable bonds is 2. The van der Waals surface area contributed by atoms with Crippen LogP contribution in [0.5, 0.6) is 0 Å². The SMILES string of the molecule is NC(=S)N1N=C(c2ccc(Br)cc2)CC1c1cccc(Cl)c1. The molecule has 0 fully saturated rings. The van der Waals surface area contributed by atoms with Crippen molar-refractivity contribution in [2.24, 2.45) is 10.8 Å². The van der Waals surface area contributed by atoms with Gasteiger partial charge in [-0.3, -0.25) is 0 Å². The molecule has 2 aromatic carbocycles. The first kappa shape index (κ1) is 15.5. The molecule has 0 aromatic heterocycles. The van der Waals surface area contributed by atoms with Crippen LogP contribution in [0.3, 0.4) is 0 Å². The summed E-state index contributed by atoms with van der Waals surface area (Å²) in [6, 6.07) is 15.7. The van der Waals surface area contributed by atoms with E-state index in [1.165, 1.54) is 0 Å². The zero-order chi connectivity index (χ0) is 15.7. The Kier molecular flexibility index (Phi) is 4.47. The summed E-state index contributed by atoms with van der Waals surface area (Å²) >= 11 is 14.7. The molecule has 0 saturated carbocycles. The molecule has 6 heteroatoms. The van der Waals surface area contributed by atoms with Crippen molar-refractivity contribution in [3.63, 3.8) is 0 Å². The summed E-state index contributed by atoms with van der Waals surface area (Å²) in [5.74, 6) is 0. The number of thiocarbonyl (C=S) groups is 1. The molecule has 0 bridgehead atoms. The predicted molar refractivity (Wildman–Crippen MR) is 98.1 cm³/mol. The molecule has 1 unspecified atom stereocenters. The van der Waals surface area contributed by atoms with Gasteiger partial charge in [-0.15, -0.1) is 0 Å². The normalized spacial score (nSPS) is 17.5. The first-order valence-electron chi connectivity index (χ1n) is 6.72. The standard InChI is InChI=1S/C16H13BrClN3S/c17-12-6-4-10(5-7-12)14-9-15(21(20-14)16(19)22)11-2-1-3-13(18)8-11/h1-8,15H,9H2,(H2,19,22). The highest BCUT2D eigenvalue weighted by atomic mass is 79.9. The first-order valence-corrected chi connectivity index (χ1v) is 8.30. The van der Waals surface area contributed by atoms with Crippen LogP contribution in [0.2, 0.25) is 5.02 Å². The van der Waals surface area contributed by atoms with Crippen molar-refractivity contribution in [3.8, 4) is 0 Å². The molecule has 22 heavy (non-hydrogen) atoms. The quantitative estimate of drug-likeness (QED) is 0.763. The monoisotopic (exact) mass is 393 g/mol. The van der Waals surface area contributed by atoms with E-state index < -0.39 is 0 Å². The van der Waals surface area contributed by atoms with Gasteiger partial charge < -0.3 is 5.73 Å². The molecular formula is C16H13BrClN3S. The number of hydrogen-bond acceptors (Lipinski definition) is 2. The Bertz CT molecular complexity index is 745. The van der Waals surface area contributed by atoms with Gasteiger partial charge in [0.2, 0.25) is 0 Å². The minimum Gasteiger partial charge on any atom is -0.375 e. The molecule has 1 aliphatic rings. The Morgan fingerprint density at radius 3 is 2.64 bits per heavy atom. The topological polar surface area (TPSA) is 41.6 Å². The predicted octanol–water partition coefficient (Wildman–Crippen LogP) is 4.50. The fourth-order valence-electron chi connectivity index (χ4n) is 2.50. The maximum Gasteiger partial charge on any atom is 0.187 e. The van der Waals surface area contributed by atoms with Gasteiger partial charge in [0.1, 0.15) is 0 Å². The summed E-state index contributed by atoms with van der Waals surface area (Å²) in [7, 11) is 0. The van der Waals surface area contributed by atoms with Crippen molar-refractivity contribution in [2.45, 2.75) is 12.5 Å². The lowest BCUT2D eigenvalue weighted by Gasteiger charge is -2.22. The molecule has 0 amide bonds. The fourth-order valence-corrected chi connectivity index (χ4v) is 3.13. The van der Waals surface area contributed by atoms with Crippen LogP contribution in [0.15, 0.2) is 58.1 Å². The van der Waals surface area contributed by atoms with E-state index in [2.05, 4.69) is 21.0 Å².